The summed E-state index contributed by atoms with van der Waals surface area (Å²) in [6.45, 7) is 7.72. The van der Waals surface area contributed by atoms with Gasteiger partial charge in [0.1, 0.15) is 18.1 Å². The van der Waals surface area contributed by atoms with Crippen molar-refractivity contribution < 1.29 is 32.4 Å². The molecule has 12 nitrogen and oxygen atoms in total. The zero-order valence-electron chi connectivity index (χ0n) is 27.5. The van der Waals surface area contributed by atoms with Crippen molar-refractivity contribution in [3.8, 4) is 0 Å². The van der Waals surface area contributed by atoms with E-state index in [1.165, 1.54) is 0 Å². The molecule has 1 saturated heterocycles. The van der Waals surface area contributed by atoms with Crippen LogP contribution in [0.4, 0.5) is 0 Å². The van der Waals surface area contributed by atoms with Gasteiger partial charge in [0.15, 0.2) is 0 Å². The van der Waals surface area contributed by atoms with Crippen LogP contribution in [0.3, 0.4) is 0 Å². The summed E-state index contributed by atoms with van der Waals surface area (Å²) < 4.78 is 27.1. The van der Waals surface area contributed by atoms with Crippen LogP contribution in [0.5, 0.6) is 0 Å². The second-order valence-electron chi connectivity index (χ2n) is 14.8. The van der Waals surface area contributed by atoms with Gasteiger partial charge >= 0.3 is 0 Å². The van der Waals surface area contributed by atoms with E-state index in [4.69, 9.17) is 0 Å². The number of Topliss-reactive ketones (excluding diaryl/α,β-unsaturated/α-hetero) is 1. The molecule has 4 aliphatic rings. The fourth-order valence-electron chi connectivity index (χ4n) is 7.43. The lowest BCUT2D eigenvalue weighted by molar-refractivity contribution is -0.146. The van der Waals surface area contributed by atoms with Crippen LogP contribution in [0.25, 0.3) is 0 Å². The van der Waals surface area contributed by atoms with Crippen molar-refractivity contribution in [3.05, 3.63) is 0 Å². The summed E-state index contributed by atoms with van der Waals surface area (Å²) in [6, 6.07) is -3.85. The van der Waals surface area contributed by atoms with Gasteiger partial charge in [-0.05, 0) is 68.1 Å². The lowest BCUT2D eigenvalue weighted by Crippen LogP contribution is -2.62. The van der Waals surface area contributed by atoms with Crippen LogP contribution in [-0.4, -0.2) is 85.7 Å². The van der Waals surface area contributed by atoms with E-state index in [-0.39, 0.29) is 23.8 Å². The third kappa shape index (κ3) is 9.05. The van der Waals surface area contributed by atoms with Crippen LogP contribution < -0.4 is 20.7 Å². The molecule has 254 valence electrons. The minimum atomic E-state index is -3.70. The number of ketones is 1. The molecule has 13 heteroatoms. The first kappa shape index (κ1) is 35.3. The molecule has 4 amide bonds. The molecule has 4 N–H and O–H groups in total. The van der Waals surface area contributed by atoms with E-state index in [0.29, 0.717) is 32.2 Å². The van der Waals surface area contributed by atoms with Gasteiger partial charge < -0.3 is 20.9 Å². The molecule has 1 heterocycles. The van der Waals surface area contributed by atoms with Crippen molar-refractivity contribution in [2.75, 3.05) is 12.8 Å². The lowest BCUT2D eigenvalue weighted by atomic mass is 9.82. The average molecular weight is 652 g/mol. The molecule has 3 saturated carbocycles. The largest absolute Gasteiger partial charge is 0.347 e. The van der Waals surface area contributed by atoms with Crippen molar-refractivity contribution in [1.82, 2.24) is 25.6 Å². The van der Waals surface area contributed by atoms with E-state index in [1.807, 2.05) is 27.7 Å². The number of rotatable bonds is 13. The summed E-state index contributed by atoms with van der Waals surface area (Å²) in [7, 11) is -3.70. The molecule has 0 aromatic heterocycles. The van der Waals surface area contributed by atoms with Gasteiger partial charge in [-0.3, -0.25) is 24.0 Å². The number of carbonyl (C=O) groups is 5. The fourth-order valence-corrected chi connectivity index (χ4v) is 8.19. The zero-order valence-corrected chi connectivity index (χ0v) is 28.3. The molecular formula is C32H53N5O7S. The van der Waals surface area contributed by atoms with Gasteiger partial charge in [-0.2, -0.15) is 0 Å². The Hall–Kier alpha value is -2.54. The Morgan fingerprint density at radius 3 is 2.13 bits per heavy atom. The number of amides is 4. The number of nitrogens with one attached hydrogen (secondary N) is 4. The van der Waals surface area contributed by atoms with E-state index in [2.05, 4.69) is 20.7 Å². The van der Waals surface area contributed by atoms with Gasteiger partial charge in [0.25, 0.3) is 5.91 Å². The lowest BCUT2D eigenvalue weighted by Gasteiger charge is -2.38. The molecule has 1 aliphatic heterocycles. The van der Waals surface area contributed by atoms with Crippen molar-refractivity contribution in [2.45, 2.75) is 135 Å². The number of hydrogen-bond donors (Lipinski definition) is 4. The first-order chi connectivity index (χ1) is 21.1. The van der Waals surface area contributed by atoms with Crippen molar-refractivity contribution in [2.24, 2.45) is 23.2 Å². The Kier molecular flexibility index (Phi) is 11.4. The number of nitrogens with zero attached hydrogens (tertiary/aromatic N) is 1. The highest BCUT2D eigenvalue weighted by molar-refractivity contribution is 7.88. The van der Waals surface area contributed by atoms with E-state index >= 15 is 0 Å². The summed E-state index contributed by atoms with van der Waals surface area (Å²) in [4.78, 5) is 69.3. The van der Waals surface area contributed by atoms with Gasteiger partial charge in [-0.25, -0.2) is 13.1 Å². The molecule has 2 unspecified atom stereocenters. The zero-order chi connectivity index (χ0) is 33.1. The van der Waals surface area contributed by atoms with Gasteiger partial charge in [0, 0.05) is 12.6 Å². The third-order valence-corrected chi connectivity index (χ3v) is 10.6. The van der Waals surface area contributed by atoms with Crippen LogP contribution >= 0.6 is 0 Å². The van der Waals surface area contributed by atoms with Crippen molar-refractivity contribution in [1.29, 1.82) is 0 Å². The number of carbonyl (C=O) groups excluding carboxylic acids is 5. The monoisotopic (exact) mass is 651 g/mol. The molecule has 0 bridgehead atoms. The third-order valence-electron chi connectivity index (χ3n) is 9.93. The summed E-state index contributed by atoms with van der Waals surface area (Å²) in [5, 5.41) is 8.44. The number of fused-ring (bicyclic) bond motifs is 1. The Labute approximate surface area is 268 Å². The van der Waals surface area contributed by atoms with Crippen molar-refractivity contribution >= 4 is 39.4 Å². The minimum Gasteiger partial charge on any atom is -0.347 e. The SMILES string of the molecule is CCC[C@@H](NC(=O)[C@@H]1C2CCCC2CN1C(=O)[C@@H](NC(=O)[C@H](NS(C)(=O)=O)C1CCCCC1)C(C)(C)C)C(=O)C(=O)NC1CC1. The smallest absolute Gasteiger partial charge is 0.289 e. The molecule has 6 atom stereocenters. The second-order valence-corrected chi connectivity index (χ2v) is 16.6. The molecule has 0 radical (unpaired) electrons. The Bertz CT molecular complexity index is 1240. The van der Waals surface area contributed by atoms with Crippen LogP contribution in [0.2, 0.25) is 0 Å². The van der Waals surface area contributed by atoms with E-state index in [0.717, 1.165) is 57.6 Å². The average Bonchev–Trinajstić information content (AvgIpc) is 3.53. The summed E-state index contributed by atoms with van der Waals surface area (Å²) in [5.41, 5.74) is -0.755. The summed E-state index contributed by atoms with van der Waals surface area (Å²) in [5.74, 6) is -2.94. The standard InChI is InChI=1S/C32H53N5O7S/c1-6-11-23(26(38)30(41)33-21-16-17-21)34-29(40)25-22-15-10-14-20(22)18-37(25)31(42)27(32(2,3)4)35-28(39)24(36-45(5,43)44)19-12-8-7-9-13-19/h19-25,27,36H,6-18H2,1-5H3,(H,33,41)(H,34,40)(H,35,39)/t20?,22?,23-,24-,25+,27-/m1/s1. The van der Waals surface area contributed by atoms with Crippen LogP contribution in [0.1, 0.15) is 105 Å². The highest BCUT2D eigenvalue weighted by atomic mass is 32.2. The predicted molar refractivity (Wildman–Crippen MR) is 169 cm³/mol. The van der Waals surface area contributed by atoms with Gasteiger partial charge in [-0.15, -0.1) is 0 Å². The molecule has 0 aromatic rings. The maximum Gasteiger partial charge on any atom is 0.289 e. The normalized spacial score (nSPS) is 26.0. The Morgan fingerprint density at radius 2 is 1.56 bits per heavy atom. The second kappa shape index (κ2) is 14.5. The number of likely N-dealkylation sites (tertiary alicyclic amines) is 1. The van der Waals surface area contributed by atoms with Crippen LogP contribution in [-0.2, 0) is 34.0 Å². The molecule has 4 fully saturated rings. The highest BCUT2D eigenvalue weighted by Gasteiger charge is 2.52. The minimum absolute atomic E-state index is 0.0107. The van der Waals surface area contributed by atoms with Crippen LogP contribution in [0, 0.1) is 23.2 Å². The van der Waals surface area contributed by atoms with Crippen molar-refractivity contribution in [3.63, 3.8) is 0 Å². The Morgan fingerprint density at radius 1 is 0.889 bits per heavy atom. The van der Waals surface area contributed by atoms with E-state index < -0.39 is 69.0 Å². The predicted octanol–water partition coefficient (Wildman–Crippen LogP) is 1.78. The van der Waals surface area contributed by atoms with Gasteiger partial charge in [0.05, 0.1) is 12.3 Å². The molecule has 0 spiro atoms. The molecule has 45 heavy (non-hydrogen) atoms. The molecule has 3 aliphatic carbocycles. The molecule has 4 rings (SSSR count). The highest BCUT2D eigenvalue weighted by Crippen LogP contribution is 2.43. The van der Waals surface area contributed by atoms with E-state index in [1.54, 1.807) is 4.90 Å². The number of hydrogen-bond acceptors (Lipinski definition) is 7. The molecular weight excluding hydrogens is 598 g/mol. The fraction of sp³-hybridized carbons (Fsp3) is 0.844. The summed E-state index contributed by atoms with van der Waals surface area (Å²) >= 11 is 0. The first-order valence-corrected chi connectivity index (χ1v) is 18.7. The van der Waals surface area contributed by atoms with E-state index in [9.17, 15) is 32.4 Å². The van der Waals surface area contributed by atoms with Crippen LogP contribution in [0.15, 0.2) is 0 Å². The summed E-state index contributed by atoms with van der Waals surface area (Å²) in [6.07, 6.45) is 10.4. The van der Waals surface area contributed by atoms with Gasteiger partial charge in [-0.1, -0.05) is 59.8 Å². The maximum absolute atomic E-state index is 14.4. The number of sulfonamides is 1. The topological polar surface area (TPSA) is 171 Å². The maximum atomic E-state index is 14.4. The first-order valence-electron chi connectivity index (χ1n) is 16.8. The molecule has 0 aromatic carbocycles. The Balaban J connectivity index is 1.55. The van der Waals surface area contributed by atoms with Gasteiger partial charge in [0.2, 0.25) is 33.5 Å². The quantitative estimate of drug-likeness (QED) is 0.220.